The third kappa shape index (κ3) is 5.77. The lowest BCUT2D eigenvalue weighted by atomic mass is 10.1. The Balaban J connectivity index is 1.82. The van der Waals surface area contributed by atoms with Crippen molar-refractivity contribution in [3.05, 3.63) is 15.6 Å². The van der Waals surface area contributed by atoms with E-state index in [1.165, 1.54) is 4.88 Å². The van der Waals surface area contributed by atoms with Crippen molar-refractivity contribution in [1.29, 1.82) is 0 Å². The summed E-state index contributed by atoms with van der Waals surface area (Å²) in [6, 6.07) is 0.448. The van der Waals surface area contributed by atoms with Gasteiger partial charge in [0.15, 0.2) is 0 Å². The quantitative estimate of drug-likeness (QED) is 0.913. The molecule has 1 N–H and O–H groups in total. The maximum atomic E-state index is 12.2. The Morgan fingerprint density at radius 3 is 2.70 bits per heavy atom. The van der Waals surface area contributed by atoms with Crippen LogP contribution in [0.1, 0.15) is 55.6 Å². The fourth-order valence-corrected chi connectivity index (χ4v) is 3.67. The summed E-state index contributed by atoms with van der Waals surface area (Å²) in [5.74, 6) is 0. The maximum Gasteiger partial charge on any atom is 0.410 e. The number of nitrogens with one attached hydrogen (secondary N) is 1. The molecule has 6 heteroatoms. The first-order valence-electron chi connectivity index (χ1n) is 8.39. The first-order valence-corrected chi connectivity index (χ1v) is 9.20. The molecule has 1 atom stereocenters. The van der Waals surface area contributed by atoms with E-state index in [9.17, 15) is 4.79 Å². The number of nitrogens with zero attached hydrogens (tertiary/aromatic N) is 2. The SMILES string of the molecule is Cc1nc(C)c(CNC2CCCN(C(=O)OC(C)(C)C)CC2)s1. The smallest absolute Gasteiger partial charge is 0.410 e. The van der Waals surface area contributed by atoms with Crippen molar-refractivity contribution in [2.75, 3.05) is 13.1 Å². The number of rotatable bonds is 3. The average Bonchev–Trinajstić information content (AvgIpc) is 2.63. The van der Waals surface area contributed by atoms with Gasteiger partial charge in [0, 0.05) is 30.6 Å². The molecule has 1 aromatic rings. The lowest BCUT2D eigenvalue weighted by molar-refractivity contribution is 0.0256. The van der Waals surface area contributed by atoms with Crippen LogP contribution in [0.2, 0.25) is 0 Å². The number of thiazole rings is 1. The van der Waals surface area contributed by atoms with Gasteiger partial charge in [-0.15, -0.1) is 11.3 Å². The summed E-state index contributed by atoms with van der Waals surface area (Å²) in [4.78, 5) is 19.8. The van der Waals surface area contributed by atoms with Crippen LogP contribution < -0.4 is 5.32 Å². The van der Waals surface area contributed by atoms with Crippen molar-refractivity contribution >= 4 is 17.4 Å². The van der Waals surface area contributed by atoms with Crippen LogP contribution in [0.3, 0.4) is 0 Å². The Hall–Kier alpha value is -1.14. The van der Waals surface area contributed by atoms with E-state index in [4.69, 9.17) is 4.74 Å². The summed E-state index contributed by atoms with van der Waals surface area (Å²) in [7, 11) is 0. The molecule has 130 valence electrons. The summed E-state index contributed by atoms with van der Waals surface area (Å²) >= 11 is 1.76. The highest BCUT2D eigenvalue weighted by Gasteiger charge is 2.25. The normalized spacial score (nSPS) is 19.5. The zero-order chi connectivity index (χ0) is 17.0. The Morgan fingerprint density at radius 1 is 1.35 bits per heavy atom. The number of aryl methyl sites for hydroxylation is 2. The lowest BCUT2D eigenvalue weighted by Gasteiger charge is -2.26. The molecule has 0 radical (unpaired) electrons. The molecule has 5 nitrogen and oxygen atoms in total. The minimum Gasteiger partial charge on any atom is -0.444 e. The fraction of sp³-hybridized carbons (Fsp3) is 0.765. The van der Waals surface area contributed by atoms with Crippen LogP contribution in [-0.4, -0.2) is 40.7 Å². The van der Waals surface area contributed by atoms with Crippen LogP contribution in [0.25, 0.3) is 0 Å². The number of carbonyl (C=O) groups is 1. The van der Waals surface area contributed by atoms with E-state index in [1.54, 1.807) is 11.3 Å². The molecule has 0 saturated carbocycles. The number of aromatic nitrogens is 1. The van der Waals surface area contributed by atoms with Gasteiger partial charge < -0.3 is 15.0 Å². The van der Waals surface area contributed by atoms with Crippen LogP contribution in [0.5, 0.6) is 0 Å². The summed E-state index contributed by atoms with van der Waals surface area (Å²) < 4.78 is 5.48. The predicted molar refractivity (Wildman–Crippen MR) is 93.9 cm³/mol. The van der Waals surface area contributed by atoms with Crippen LogP contribution in [-0.2, 0) is 11.3 Å². The van der Waals surface area contributed by atoms with Gasteiger partial charge in [-0.05, 0) is 53.9 Å². The van der Waals surface area contributed by atoms with Gasteiger partial charge in [0.05, 0.1) is 10.7 Å². The van der Waals surface area contributed by atoms with E-state index in [-0.39, 0.29) is 6.09 Å². The highest BCUT2D eigenvalue weighted by molar-refractivity contribution is 7.11. The highest BCUT2D eigenvalue weighted by Crippen LogP contribution is 2.19. The number of hydrogen-bond acceptors (Lipinski definition) is 5. The first kappa shape index (κ1) is 18.2. The molecule has 2 heterocycles. The number of likely N-dealkylation sites (tertiary alicyclic amines) is 1. The Labute approximate surface area is 143 Å². The molecule has 0 aromatic carbocycles. The van der Waals surface area contributed by atoms with Crippen molar-refractivity contribution in [1.82, 2.24) is 15.2 Å². The monoisotopic (exact) mass is 339 g/mol. The van der Waals surface area contributed by atoms with Gasteiger partial charge >= 0.3 is 6.09 Å². The van der Waals surface area contributed by atoms with E-state index < -0.39 is 5.60 Å². The van der Waals surface area contributed by atoms with E-state index >= 15 is 0 Å². The second-order valence-corrected chi connectivity index (χ2v) is 8.51. The molecule has 0 spiro atoms. The fourth-order valence-electron chi connectivity index (χ4n) is 2.78. The van der Waals surface area contributed by atoms with Gasteiger partial charge in [-0.2, -0.15) is 0 Å². The van der Waals surface area contributed by atoms with Crippen molar-refractivity contribution in [2.45, 2.75) is 72.1 Å². The summed E-state index contributed by atoms with van der Waals surface area (Å²) in [5, 5.41) is 4.75. The molecule has 1 saturated heterocycles. The van der Waals surface area contributed by atoms with Gasteiger partial charge in [0.1, 0.15) is 5.60 Å². The average molecular weight is 340 g/mol. The molecular weight excluding hydrogens is 310 g/mol. The molecule has 2 rings (SSSR count). The van der Waals surface area contributed by atoms with Gasteiger partial charge in [0.25, 0.3) is 0 Å². The molecule has 0 aliphatic carbocycles. The van der Waals surface area contributed by atoms with Gasteiger partial charge in [-0.1, -0.05) is 0 Å². The minimum absolute atomic E-state index is 0.188. The summed E-state index contributed by atoms with van der Waals surface area (Å²) in [5.41, 5.74) is 0.701. The molecule has 1 aromatic heterocycles. The maximum absolute atomic E-state index is 12.2. The summed E-state index contributed by atoms with van der Waals surface area (Å²) in [6.45, 7) is 12.3. The molecule has 23 heavy (non-hydrogen) atoms. The van der Waals surface area contributed by atoms with Crippen molar-refractivity contribution in [2.24, 2.45) is 0 Å². The number of amides is 1. The van der Waals surface area contributed by atoms with Gasteiger partial charge in [-0.3, -0.25) is 0 Å². The van der Waals surface area contributed by atoms with Crippen LogP contribution in [0.4, 0.5) is 4.79 Å². The summed E-state index contributed by atoms with van der Waals surface area (Å²) in [6.07, 6.45) is 2.89. The number of carbonyl (C=O) groups excluding carboxylic acids is 1. The molecule has 1 amide bonds. The Morgan fingerprint density at radius 2 is 2.09 bits per heavy atom. The molecule has 1 aliphatic rings. The lowest BCUT2D eigenvalue weighted by Crippen LogP contribution is -2.38. The van der Waals surface area contributed by atoms with Gasteiger partial charge in [0.2, 0.25) is 0 Å². The molecular formula is C17H29N3O2S. The van der Waals surface area contributed by atoms with E-state index in [0.717, 1.165) is 49.6 Å². The Kier molecular flexibility index (Phi) is 6.03. The second-order valence-electron chi connectivity index (χ2n) is 7.22. The van der Waals surface area contributed by atoms with Crippen molar-refractivity contribution < 1.29 is 9.53 Å². The highest BCUT2D eigenvalue weighted by atomic mass is 32.1. The van der Waals surface area contributed by atoms with Crippen molar-refractivity contribution in [3.8, 4) is 0 Å². The first-order chi connectivity index (χ1) is 10.7. The largest absolute Gasteiger partial charge is 0.444 e. The molecule has 1 aliphatic heterocycles. The van der Waals surface area contributed by atoms with Crippen molar-refractivity contribution in [3.63, 3.8) is 0 Å². The third-order valence-corrected chi connectivity index (χ3v) is 5.00. The minimum atomic E-state index is -0.428. The molecule has 0 bridgehead atoms. The zero-order valence-corrected chi connectivity index (χ0v) is 15.8. The molecule has 1 unspecified atom stereocenters. The van der Waals surface area contributed by atoms with Crippen LogP contribution >= 0.6 is 11.3 Å². The number of ether oxygens (including phenoxy) is 1. The van der Waals surface area contributed by atoms with Crippen LogP contribution in [0, 0.1) is 13.8 Å². The number of hydrogen-bond donors (Lipinski definition) is 1. The van der Waals surface area contributed by atoms with E-state index in [0.29, 0.717) is 6.04 Å². The van der Waals surface area contributed by atoms with Gasteiger partial charge in [-0.25, -0.2) is 9.78 Å². The second kappa shape index (κ2) is 7.62. The predicted octanol–water partition coefficient (Wildman–Crippen LogP) is 3.64. The van der Waals surface area contributed by atoms with E-state index in [2.05, 4.69) is 17.2 Å². The molecule has 1 fully saturated rings. The Bertz CT molecular complexity index is 536. The standard InChI is InChI=1S/C17H29N3O2S/c1-12-15(23-13(2)19-12)11-18-14-7-6-9-20(10-8-14)16(21)22-17(3,4)5/h14,18H,6-11H2,1-5H3. The van der Waals surface area contributed by atoms with Crippen LogP contribution in [0.15, 0.2) is 0 Å². The van der Waals surface area contributed by atoms with E-state index in [1.807, 2.05) is 32.6 Å². The zero-order valence-electron chi connectivity index (χ0n) is 14.9. The topological polar surface area (TPSA) is 54.5 Å². The third-order valence-electron chi connectivity index (χ3n) is 3.93.